The summed E-state index contributed by atoms with van der Waals surface area (Å²) in [7, 11) is 0. The summed E-state index contributed by atoms with van der Waals surface area (Å²) in [6.45, 7) is 7.27. The van der Waals surface area contributed by atoms with E-state index >= 15 is 0 Å². The maximum Gasteiger partial charge on any atom is 0.242 e. The number of amides is 2. The topological polar surface area (TPSA) is 61.4 Å². The highest BCUT2D eigenvalue weighted by Gasteiger charge is 2.23. The van der Waals surface area contributed by atoms with Gasteiger partial charge in [0.1, 0.15) is 6.04 Å². The number of halogens is 1. The van der Waals surface area contributed by atoms with Crippen molar-refractivity contribution >= 4 is 34.8 Å². The lowest BCUT2D eigenvalue weighted by molar-refractivity contribution is -0.121. The van der Waals surface area contributed by atoms with E-state index in [-0.39, 0.29) is 17.9 Å². The molecule has 23 heavy (non-hydrogen) atoms. The summed E-state index contributed by atoms with van der Waals surface area (Å²) < 4.78 is 0. The van der Waals surface area contributed by atoms with E-state index < -0.39 is 0 Å². The number of anilines is 2. The van der Waals surface area contributed by atoms with Crippen LogP contribution in [0, 0.1) is 5.92 Å². The van der Waals surface area contributed by atoms with E-state index in [1.54, 1.807) is 11.0 Å². The van der Waals surface area contributed by atoms with Gasteiger partial charge in [-0.1, -0.05) is 25.4 Å². The Hall–Kier alpha value is -1.75. The molecule has 0 saturated carbocycles. The highest BCUT2D eigenvalue weighted by atomic mass is 35.5. The van der Waals surface area contributed by atoms with Crippen molar-refractivity contribution < 1.29 is 9.59 Å². The van der Waals surface area contributed by atoms with Crippen LogP contribution in [-0.4, -0.2) is 30.9 Å². The molecule has 1 aromatic rings. The number of benzene rings is 1. The Bertz CT molecular complexity index is 589. The predicted octanol–water partition coefficient (Wildman–Crippen LogP) is 3.04. The molecular formula is C17H24ClN3O2. The molecule has 0 bridgehead atoms. The first-order valence-corrected chi connectivity index (χ1v) is 8.40. The maximum atomic E-state index is 12.0. The number of hydrogen-bond acceptors (Lipinski definition) is 3. The molecule has 1 fully saturated rings. The van der Waals surface area contributed by atoms with E-state index in [1.165, 1.54) is 0 Å². The van der Waals surface area contributed by atoms with E-state index in [0.717, 1.165) is 17.8 Å². The second kappa shape index (κ2) is 7.68. The van der Waals surface area contributed by atoms with Crippen LogP contribution in [0.25, 0.3) is 0 Å². The van der Waals surface area contributed by atoms with Gasteiger partial charge >= 0.3 is 0 Å². The number of rotatable bonds is 6. The highest BCUT2D eigenvalue weighted by molar-refractivity contribution is 6.34. The first-order valence-electron chi connectivity index (χ1n) is 8.02. The van der Waals surface area contributed by atoms with Gasteiger partial charge in [-0.3, -0.25) is 9.59 Å². The maximum absolute atomic E-state index is 12.0. The lowest BCUT2D eigenvalue weighted by atomic mass is 10.2. The third-order valence-electron chi connectivity index (χ3n) is 3.77. The number of hydrogen-bond donors (Lipinski definition) is 2. The minimum Gasteiger partial charge on any atom is -0.374 e. The molecule has 0 aromatic heterocycles. The zero-order valence-electron chi connectivity index (χ0n) is 13.9. The van der Waals surface area contributed by atoms with E-state index in [9.17, 15) is 9.59 Å². The average Bonchev–Trinajstić information content (AvgIpc) is 2.90. The molecule has 2 N–H and O–H groups in total. The molecule has 1 aliphatic heterocycles. The molecule has 1 atom stereocenters. The SMILES string of the molecule is CC(C)CNC(=O)C(C)Nc1ccc(N2CCCC2=O)c(Cl)c1. The fraction of sp³-hybridized carbons (Fsp3) is 0.529. The van der Waals surface area contributed by atoms with Crippen LogP contribution in [0.2, 0.25) is 5.02 Å². The van der Waals surface area contributed by atoms with Crippen molar-refractivity contribution in [3.05, 3.63) is 23.2 Å². The summed E-state index contributed by atoms with van der Waals surface area (Å²) >= 11 is 6.31. The Labute approximate surface area is 142 Å². The molecule has 1 heterocycles. The van der Waals surface area contributed by atoms with Crippen LogP contribution in [0.5, 0.6) is 0 Å². The van der Waals surface area contributed by atoms with E-state index in [1.807, 2.05) is 19.1 Å². The summed E-state index contributed by atoms with van der Waals surface area (Å²) in [6, 6.07) is 5.07. The van der Waals surface area contributed by atoms with Gasteiger partial charge in [-0.15, -0.1) is 0 Å². The van der Waals surface area contributed by atoms with E-state index in [4.69, 9.17) is 11.6 Å². The lowest BCUT2D eigenvalue weighted by Gasteiger charge is -2.20. The monoisotopic (exact) mass is 337 g/mol. The molecular weight excluding hydrogens is 314 g/mol. The van der Waals surface area contributed by atoms with Gasteiger partial charge in [0.25, 0.3) is 0 Å². The quantitative estimate of drug-likeness (QED) is 0.838. The molecule has 1 saturated heterocycles. The van der Waals surface area contributed by atoms with Crippen molar-refractivity contribution in [1.82, 2.24) is 5.32 Å². The number of nitrogens with zero attached hydrogens (tertiary/aromatic N) is 1. The van der Waals surface area contributed by atoms with Gasteiger partial charge in [-0.05, 0) is 37.5 Å². The third kappa shape index (κ3) is 4.61. The first kappa shape index (κ1) is 17.6. The van der Waals surface area contributed by atoms with Crippen LogP contribution < -0.4 is 15.5 Å². The molecule has 2 rings (SSSR count). The molecule has 1 aromatic carbocycles. The smallest absolute Gasteiger partial charge is 0.242 e. The second-order valence-corrected chi connectivity index (χ2v) is 6.73. The van der Waals surface area contributed by atoms with Gasteiger partial charge in [0.2, 0.25) is 11.8 Å². The fourth-order valence-corrected chi connectivity index (χ4v) is 2.77. The molecule has 1 aliphatic rings. The molecule has 1 unspecified atom stereocenters. The van der Waals surface area contributed by atoms with Crippen molar-refractivity contribution in [2.75, 3.05) is 23.3 Å². The van der Waals surface area contributed by atoms with Crippen LogP contribution >= 0.6 is 11.6 Å². The van der Waals surface area contributed by atoms with Crippen molar-refractivity contribution in [3.63, 3.8) is 0 Å². The van der Waals surface area contributed by atoms with Crippen molar-refractivity contribution in [2.24, 2.45) is 5.92 Å². The Morgan fingerprint density at radius 1 is 1.35 bits per heavy atom. The summed E-state index contributed by atoms with van der Waals surface area (Å²) in [4.78, 5) is 25.5. The molecule has 0 radical (unpaired) electrons. The van der Waals surface area contributed by atoms with E-state index in [2.05, 4.69) is 24.5 Å². The summed E-state index contributed by atoms with van der Waals surface area (Å²) in [5.41, 5.74) is 1.49. The van der Waals surface area contributed by atoms with Gasteiger partial charge < -0.3 is 15.5 Å². The Kier molecular flexibility index (Phi) is 5.88. The Morgan fingerprint density at radius 2 is 2.09 bits per heavy atom. The lowest BCUT2D eigenvalue weighted by Crippen LogP contribution is -2.39. The molecule has 0 aliphatic carbocycles. The van der Waals surface area contributed by atoms with Gasteiger partial charge in [0.05, 0.1) is 10.7 Å². The van der Waals surface area contributed by atoms with Gasteiger partial charge in [-0.25, -0.2) is 0 Å². The number of nitrogens with one attached hydrogen (secondary N) is 2. The van der Waals surface area contributed by atoms with Gasteiger partial charge in [0, 0.05) is 25.2 Å². The third-order valence-corrected chi connectivity index (χ3v) is 4.08. The fourth-order valence-electron chi connectivity index (χ4n) is 2.49. The zero-order chi connectivity index (χ0) is 17.0. The van der Waals surface area contributed by atoms with Crippen LogP contribution in [-0.2, 0) is 9.59 Å². The van der Waals surface area contributed by atoms with Crippen LogP contribution in [0.1, 0.15) is 33.6 Å². The molecule has 126 valence electrons. The minimum atomic E-state index is -0.357. The van der Waals surface area contributed by atoms with Crippen molar-refractivity contribution in [1.29, 1.82) is 0 Å². The molecule has 0 spiro atoms. The van der Waals surface area contributed by atoms with Crippen LogP contribution in [0.15, 0.2) is 18.2 Å². The van der Waals surface area contributed by atoms with E-state index in [0.29, 0.717) is 30.5 Å². The van der Waals surface area contributed by atoms with Crippen molar-refractivity contribution in [3.8, 4) is 0 Å². The predicted molar refractivity (Wildman–Crippen MR) is 94.0 cm³/mol. The summed E-state index contributed by atoms with van der Waals surface area (Å²) in [6.07, 6.45) is 1.44. The van der Waals surface area contributed by atoms with Crippen LogP contribution in [0.4, 0.5) is 11.4 Å². The normalized spacial score (nSPS) is 15.9. The second-order valence-electron chi connectivity index (χ2n) is 6.32. The average molecular weight is 338 g/mol. The zero-order valence-corrected chi connectivity index (χ0v) is 14.6. The minimum absolute atomic E-state index is 0.0476. The van der Waals surface area contributed by atoms with Crippen LogP contribution in [0.3, 0.4) is 0 Å². The molecule has 6 heteroatoms. The van der Waals surface area contributed by atoms with Gasteiger partial charge in [-0.2, -0.15) is 0 Å². The summed E-state index contributed by atoms with van der Waals surface area (Å²) in [5.74, 6) is 0.473. The molecule has 5 nitrogen and oxygen atoms in total. The standard InChI is InChI=1S/C17H24ClN3O2/c1-11(2)10-19-17(23)12(3)20-13-6-7-15(14(18)9-13)21-8-4-5-16(21)22/h6-7,9,11-12,20H,4-5,8,10H2,1-3H3,(H,19,23). The molecule has 2 amide bonds. The largest absolute Gasteiger partial charge is 0.374 e. The van der Waals surface area contributed by atoms with Crippen molar-refractivity contribution in [2.45, 2.75) is 39.7 Å². The Balaban J connectivity index is 2.00. The van der Waals surface area contributed by atoms with Gasteiger partial charge in [0.15, 0.2) is 0 Å². The first-order chi connectivity index (χ1) is 10.9. The number of carbonyl (C=O) groups excluding carboxylic acids is 2. The number of carbonyl (C=O) groups is 2. The highest BCUT2D eigenvalue weighted by Crippen LogP contribution is 2.31. The Morgan fingerprint density at radius 3 is 2.65 bits per heavy atom. The summed E-state index contributed by atoms with van der Waals surface area (Å²) in [5, 5.41) is 6.54.